The van der Waals surface area contributed by atoms with Gasteiger partial charge in [0.1, 0.15) is 0 Å². The molecule has 0 radical (unpaired) electrons. The third kappa shape index (κ3) is 4.25. The lowest BCUT2D eigenvalue weighted by Gasteiger charge is -2.15. The maximum absolute atomic E-state index is 11.3. The van der Waals surface area contributed by atoms with Crippen molar-refractivity contribution in [3.05, 3.63) is 28.9 Å². The molecular formula is C11H19N3O. The minimum absolute atomic E-state index is 0.172. The Morgan fingerprint density at radius 2 is 2.20 bits per heavy atom. The molecule has 0 saturated heterocycles. The van der Waals surface area contributed by atoms with Crippen LogP contribution in [0.3, 0.4) is 0 Å². The van der Waals surface area contributed by atoms with Crippen molar-refractivity contribution in [3.63, 3.8) is 0 Å². The van der Waals surface area contributed by atoms with Crippen molar-refractivity contribution in [1.29, 1.82) is 0 Å². The molecule has 0 aliphatic rings. The van der Waals surface area contributed by atoms with E-state index in [2.05, 4.69) is 31.1 Å². The fraction of sp³-hybridized carbons (Fsp3) is 0.636. The molecule has 0 spiro atoms. The minimum Gasteiger partial charge on any atom is -0.314 e. The molecule has 4 nitrogen and oxygen atoms in total. The molecule has 0 aromatic carbocycles. The first kappa shape index (κ1) is 11.9. The Labute approximate surface area is 90.3 Å². The normalized spacial score (nSPS) is 13.1. The van der Waals surface area contributed by atoms with E-state index < -0.39 is 0 Å². The first-order valence-corrected chi connectivity index (χ1v) is 5.34. The fourth-order valence-corrected chi connectivity index (χ4v) is 1.36. The second-order valence-corrected chi connectivity index (χ2v) is 4.22. The van der Waals surface area contributed by atoms with E-state index in [4.69, 9.17) is 0 Å². The molecule has 4 heteroatoms. The van der Waals surface area contributed by atoms with Gasteiger partial charge in [-0.05, 0) is 18.5 Å². The number of aromatic nitrogens is 2. The monoisotopic (exact) mass is 209 g/mol. The van der Waals surface area contributed by atoms with Gasteiger partial charge in [-0.3, -0.25) is 4.57 Å². The van der Waals surface area contributed by atoms with Crippen molar-refractivity contribution in [3.8, 4) is 0 Å². The van der Waals surface area contributed by atoms with Crippen molar-refractivity contribution < 1.29 is 0 Å². The molecule has 0 aliphatic carbocycles. The number of rotatable bonds is 5. The standard InChI is InChI=1S/C11H19N3O/c1-9(2)13-7-10(3)8-14-6-4-5-12-11(14)15/h4-6,9-10,13H,7-8H2,1-3H3. The van der Waals surface area contributed by atoms with Crippen LogP contribution in [0.25, 0.3) is 0 Å². The quantitative estimate of drug-likeness (QED) is 0.783. The van der Waals surface area contributed by atoms with Crippen LogP contribution in [0.2, 0.25) is 0 Å². The van der Waals surface area contributed by atoms with Gasteiger partial charge in [-0.1, -0.05) is 20.8 Å². The topological polar surface area (TPSA) is 46.9 Å². The molecule has 1 atom stereocenters. The molecule has 0 saturated carbocycles. The Kier molecular flexibility index (Phi) is 4.49. The first-order chi connectivity index (χ1) is 7.09. The highest BCUT2D eigenvalue weighted by atomic mass is 16.1. The van der Waals surface area contributed by atoms with E-state index in [1.54, 1.807) is 16.8 Å². The van der Waals surface area contributed by atoms with Crippen molar-refractivity contribution in [2.45, 2.75) is 33.4 Å². The second kappa shape index (κ2) is 5.66. The number of hydrogen-bond acceptors (Lipinski definition) is 3. The Morgan fingerprint density at radius 3 is 2.80 bits per heavy atom. The number of nitrogens with one attached hydrogen (secondary N) is 1. The molecule has 1 unspecified atom stereocenters. The average Bonchev–Trinajstić information content (AvgIpc) is 2.18. The SMILES string of the molecule is CC(CNC(C)C)Cn1cccnc1=O. The van der Waals surface area contributed by atoms with Gasteiger partial charge in [0.05, 0.1) is 0 Å². The lowest BCUT2D eigenvalue weighted by molar-refractivity contribution is 0.417. The van der Waals surface area contributed by atoms with E-state index in [1.807, 2.05) is 0 Å². The second-order valence-electron chi connectivity index (χ2n) is 4.22. The van der Waals surface area contributed by atoms with Gasteiger partial charge in [-0.2, -0.15) is 0 Å². The molecular weight excluding hydrogens is 190 g/mol. The van der Waals surface area contributed by atoms with Crippen LogP contribution >= 0.6 is 0 Å². The Bertz CT molecular complexity index is 346. The summed E-state index contributed by atoms with van der Waals surface area (Å²) < 4.78 is 1.65. The zero-order chi connectivity index (χ0) is 11.3. The van der Waals surface area contributed by atoms with Crippen molar-refractivity contribution in [1.82, 2.24) is 14.9 Å². The molecule has 1 heterocycles. The van der Waals surface area contributed by atoms with Gasteiger partial charge in [0.15, 0.2) is 0 Å². The molecule has 1 N–H and O–H groups in total. The zero-order valence-corrected chi connectivity index (χ0v) is 9.60. The van der Waals surface area contributed by atoms with Crippen LogP contribution in [0.15, 0.2) is 23.3 Å². The summed E-state index contributed by atoms with van der Waals surface area (Å²) in [6.45, 7) is 7.98. The summed E-state index contributed by atoms with van der Waals surface area (Å²) >= 11 is 0. The van der Waals surface area contributed by atoms with Gasteiger partial charge < -0.3 is 5.32 Å². The predicted molar refractivity (Wildman–Crippen MR) is 60.8 cm³/mol. The van der Waals surface area contributed by atoms with Gasteiger partial charge in [0.2, 0.25) is 0 Å². The van der Waals surface area contributed by atoms with Crippen LogP contribution in [-0.2, 0) is 6.54 Å². The maximum atomic E-state index is 11.3. The Hall–Kier alpha value is -1.16. The highest BCUT2D eigenvalue weighted by molar-refractivity contribution is 4.81. The minimum atomic E-state index is -0.172. The van der Waals surface area contributed by atoms with E-state index in [1.165, 1.54) is 6.20 Å². The van der Waals surface area contributed by atoms with Gasteiger partial charge >= 0.3 is 5.69 Å². The van der Waals surface area contributed by atoms with Gasteiger partial charge in [0.25, 0.3) is 0 Å². The predicted octanol–water partition coefficient (Wildman–Crippen LogP) is 0.877. The van der Waals surface area contributed by atoms with Crippen LogP contribution < -0.4 is 11.0 Å². The average molecular weight is 209 g/mol. The molecule has 0 bridgehead atoms. The van der Waals surface area contributed by atoms with E-state index >= 15 is 0 Å². The summed E-state index contributed by atoms with van der Waals surface area (Å²) in [5.74, 6) is 0.425. The first-order valence-electron chi connectivity index (χ1n) is 5.34. The molecule has 15 heavy (non-hydrogen) atoms. The summed E-state index contributed by atoms with van der Waals surface area (Å²) in [7, 11) is 0. The van der Waals surface area contributed by atoms with Crippen LogP contribution in [0.5, 0.6) is 0 Å². The van der Waals surface area contributed by atoms with Crippen molar-refractivity contribution in [2.24, 2.45) is 5.92 Å². The van der Waals surface area contributed by atoms with E-state index in [9.17, 15) is 4.79 Å². The summed E-state index contributed by atoms with van der Waals surface area (Å²) in [6, 6.07) is 2.27. The van der Waals surface area contributed by atoms with Crippen LogP contribution in [0, 0.1) is 5.92 Å². The Balaban J connectivity index is 2.48. The van der Waals surface area contributed by atoms with Crippen LogP contribution in [0.4, 0.5) is 0 Å². The summed E-state index contributed by atoms with van der Waals surface area (Å²) in [5, 5.41) is 3.35. The van der Waals surface area contributed by atoms with Crippen LogP contribution in [0.1, 0.15) is 20.8 Å². The zero-order valence-electron chi connectivity index (χ0n) is 9.60. The third-order valence-electron chi connectivity index (χ3n) is 2.17. The van der Waals surface area contributed by atoms with Gasteiger partial charge in [0, 0.05) is 25.0 Å². The van der Waals surface area contributed by atoms with Crippen LogP contribution in [-0.4, -0.2) is 22.1 Å². The number of nitrogens with zero attached hydrogens (tertiary/aromatic N) is 2. The lowest BCUT2D eigenvalue weighted by Crippen LogP contribution is -2.32. The molecule has 0 aliphatic heterocycles. The highest BCUT2D eigenvalue weighted by Gasteiger charge is 2.04. The fourth-order valence-electron chi connectivity index (χ4n) is 1.36. The van der Waals surface area contributed by atoms with E-state index in [0.717, 1.165) is 6.54 Å². The van der Waals surface area contributed by atoms with Crippen molar-refractivity contribution >= 4 is 0 Å². The van der Waals surface area contributed by atoms with E-state index in [0.29, 0.717) is 18.5 Å². The van der Waals surface area contributed by atoms with Gasteiger partial charge in [-0.25, -0.2) is 9.78 Å². The summed E-state index contributed by atoms with van der Waals surface area (Å²) in [4.78, 5) is 15.0. The lowest BCUT2D eigenvalue weighted by atomic mass is 10.1. The number of hydrogen-bond donors (Lipinski definition) is 1. The molecule has 1 rings (SSSR count). The molecule has 1 aromatic rings. The van der Waals surface area contributed by atoms with Gasteiger partial charge in [-0.15, -0.1) is 0 Å². The maximum Gasteiger partial charge on any atom is 0.347 e. The summed E-state index contributed by atoms with van der Waals surface area (Å²) in [6.07, 6.45) is 3.30. The molecule has 0 fully saturated rings. The summed E-state index contributed by atoms with van der Waals surface area (Å²) in [5.41, 5.74) is -0.172. The van der Waals surface area contributed by atoms with Crippen molar-refractivity contribution in [2.75, 3.05) is 6.54 Å². The highest BCUT2D eigenvalue weighted by Crippen LogP contribution is 1.96. The third-order valence-corrected chi connectivity index (χ3v) is 2.17. The molecule has 0 amide bonds. The molecule has 84 valence electrons. The largest absolute Gasteiger partial charge is 0.347 e. The Morgan fingerprint density at radius 1 is 1.47 bits per heavy atom. The van der Waals surface area contributed by atoms with E-state index in [-0.39, 0.29) is 5.69 Å². The molecule has 1 aromatic heterocycles. The smallest absolute Gasteiger partial charge is 0.314 e.